The van der Waals surface area contributed by atoms with Gasteiger partial charge in [-0.2, -0.15) is 0 Å². The van der Waals surface area contributed by atoms with Crippen molar-refractivity contribution in [2.24, 2.45) is 5.90 Å². The molecule has 1 aliphatic heterocycles. The average molecular weight is 221 g/mol. The van der Waals surface area contributed by atoms with Crippen molar-refractivity contribution < 1.29 is 9.63 Å². The second kappa shape index (κ2) is 4.96. The maximum atomic E-state index is 11.1. The van der Waals surface area contributed by atoms with Gasteiger partial charge in [0.15, 0.2) is 0 Å². The van der Waals surface area contributed by atoms with Crippen molar-refractivity contribution in [2.75, 3.05) is 18.2 Å². The summed E-state index contributed by atoms with van der Waals surface area (Å²) in [4.78, 5) is 15.6. The molecule has 0 bridgehead atoms. The van der Waals surface area contributed by atoms with Crippen LogP contribution in [0.2, 0.25) is 0 Å². The predicted molar refractivity (Wildman–Crippen MR) is 60.4 cm³/mol. The van der Waals surface area contributed by atoms with Gasteiger partial charge in [0.05, 0.1) is 12.3 Å². The third kappa shape index (κ3) is 2.50. The summed E-state index contributed by atoms with van der Waals surface area (Å²) >= 11 is 0. The number of nitrogens with one attached hydrogen (secondary N) is 1. The van der Waals surface area contributed by atoms with Gasteiger partial charge in [0.2, 0.25) is 5.91 Å². The number of carbonyl (C=O) groups excluding carboxylic acids is 1. The van der Waals surface area contributed by atoms with Crippen LogP contribution in [-0.4, -0.2) is 19.1 Å². The normalized spacial score (nSPS) is 15.3. The summed E-state index contributed by atoms with van der Waals surface area (Å²) < 4.78 is 0. The third-order valence-electron chi connectivity index (χ3n) is 2.55. The lowest BCUT2D eigenvalue weighted by Crippen LogP contribution is -2.32. The Morgan fingerprint density at radius 1 is 1.50 bits per heavy atom. The number of amides is 1. The number of carbonyl (C=O) groups is 1. The fraction of sp³-hybridized carbons (Fsp3) is 0.364. The summed E-state index contributed by atoms with van der Waals surface area (Å²) in [7, 11) is 0. The zero-order chi connectivity index (χ0) is 11.4. The maximum Gasteiger partial charge on any atom is 0.240 e. The van der Waals surface area contributed by atoms with E-state index in [2.05, 4.69) is 10.3 Å². The highest BCUT2D eigenvalue weighted by Crippen LogP contribution is 2.17. The standard InChI is InChI=1S/C11H15N3O2/c12-16-7-5-9-2-1-3-10(8-9)14-6-4-11(15)13-14/h1-3,8H,4-7,12H2,(H,13,15). The molecule has 0 atom stereocenters. The third-order valence-corrected chi connectivity index (χ3v) is 2.55. The Bertz CT molecular complexity index is 381. The molecule has 5 heteroatoms. The Morgan fingerprint density at radius 2 is 2.38 bits per heavy atom. The number of rotatable bonds is 4. The van der Waals surface area contributed by atoms with E-state index < -0.39 is 0 Å². The minimum atomic E-state index is 0.0655. The lowest BCUT2D eigenvalue weighted by Gasteiger charge is -2.17. The lowest BCUT2D eigenvalue weighted by atomic mass is 10.1. The van der Waals surface area contributed by atoms with Gasteiger partial charge in [0.25, 0.3) is 0 Å². The Morgan fingerprint density at radius 3 is 3.06 bits per heavy atom. The molecule has 1 fully saturated rings. The molecule has 16 heavy (non-hydrogen) atoms. The monoisotopic (exact) mass is 221 g/mol. The summed E-state index contributed by atoms with van der Waals surface area (Å²) in [5.74, 6) is 5.05. The summed E-state index contributed by atoms with van der Waals surface area (Å²) in [6.07, 6.45) is 1.32. The number of hydrogen-bond acceptors (Lipinski definition) is 4. The van der Waals surface area contributed by atoms with Gasteiger partial charge in [-0.25, -0.2) is 5.90 Å². The molecule has 0 radical (unpaired) electrons. The van der Waals surface area contributed by atoms with Gasteiger partial charge in [-0.05, 0) is 24.1 Å². The van der Waals surface area contributed by atoms with E-state index in [9.17, 15) is 4.79 Å². The van der Waals surface area contributed by atoms with Crippen LogP contribution in [0.25, 0.3) is 0 Å². The molecule has 1 saturated heterocycles. The van der Waals surface area contributed by atoms with Crippen LogP contribution in [0.3, 0.4) is 0 Å². The molecule has 3 N–H and O–H groups in total. The molecule has 0 saturated carbocycles. The van der Waals surface area contributed by atoms with E-state index in [0.717, 1.165) is 24.2 Å². The minimum Gasteiger partial charge on any atom is -0.304 e. The van der Waals surface area contributed by atoms with Gasteiger partial charge >= 0.3 is 0 Å². The van der Waals surface area contributed by atoms with Crippen molar-refractivity contribution in [3.63, 3.8) is 0 Å². The fourth-order valence-corrected chi connectivity index (χ4v) is 1.73. The van der Waals surface area contributed by atoms with Crippen LogP contribution >= 0.6 is 0 Å². The number of benzene rings is 1. The van der Waals surface area contributed by atoms with Crippen molar-refractivity contribution in [1.82, 2.24) is 5.43 Å². The van der Waals surface area contributed by atoms with Crippen LogP contribution in [0.5, 0.6) is 0 Å². The molecule has 1 aromatic carbocycles. The Hall–Kier alpha value is -1.59. The van der Waals surface area contributed by atoms with Gasteiger partial charge < -0.3 is 4.84 Å². The van der Waals surface area contributed by atoms with E-state index >= 15 is 0 Å². The number of nitrogens with zero attached hydrogens (tertiary/aromatic N) is 1. The lowest BCUT2D eigenvalue weighted by molar-refractivity contribution is -0.119. The number of anilines is 1. The first-order chi connectivity index (χ1) is 7.79. The molecule has 0 aliphatic carbocycles. The second-order valence-corrected chi connectivity index (χ2v) is 3.73. The van der Waals surface area contributed by atoms with Crippen LogP contribution in [0.1, 0.15) is 12.0 Å². The molecular formula is C11H15N3O2. The molecule has 1 heterocycles. The van der Waals surface area contributed by atoms with E-state index in [1.807, 2.05) is 29.3 Å². The van der Waals surface area contributed by atoms with E-state index in [0.29, 0.717) is 13.0 Å². The highest BCUT2D eigenvalue weighted by atomic mass is 16.6. The first-order valence-corrected chi connectivity index (χ1v) is 5.27. The quantitative estimate of drug-likeness (QED) is 0.720. The molecule has 5 nitrogen and oxygen atoms in total. The number of hydrogen-bond donors (Lipinski definition) is 2. The average Bonchev–Trinajstić information content (AvgIpc) is 2.74. The summed E-state index contributed by atoms with van der Waals surface area (Å²) in [6, 6.07) is 7.98. The van der Waals surface area contributed by atoms with Crippen LogP contribution in [0.15, 0.2) is 24.3 Å². The molecule has 0 spiro atoms. The zero-order valence-electron chi connectivity index (χ0n) is 8.98. The Labute approximate surface area is 94.1 Å². The smallest absolute Gasteiger partial charge is 0.240 e. The van der Waals surface area contributed by atoms with E-state index in [-0.39, 0.29) is 5.91 Å². The highest BCUT2D eigenvalue weighted by molar-refractivity contribution is 5.81. The molecule has 1 amide bonds. The molecule has 2 rings (SSSR count). The van der Waals surface area contributed by atoms with Crippen molar-refractivity contribution in [2.45, 2.75) is 12.8 Å². The van der Waals surface area contributed by atoms with E-state index in [4.69, 9.17) is 5.90 Å². The van der Waals surface area contributed by atoms with Gasteiger partial charge in [-0.3, -0.25) is 15.2 Å². The van der Waals surface area contributed by atoms with Crippen molar-refractivity contribution >= 4 is 11.6 Å². The topological polar surface area (TPSA) is 67.6 Å². The molecule has 0 unspecified atom stereocenters. The molecule has 86 valence electrons. The fourth-order valence-electron chi connectivity index (χ4n) is 1.73. The molecular weight excluding hydrogens is 206 g/mol. The number of nitrogens with two attached hydrogens (primary N) is 1. The second-order valence-electron chi connectivity index (χ2n) is 3.73. The van der Waals surface area contributed by atoms with Crippen molar-refractivity contribution in [1.29, 1.82) is 0 Å². The number of hydrazine groups is 1. The summed E-state index contributed by atoms with van der Waals surface area (Å²) in [6.45, 7) is 1.21. The molecule has 1 aromatic rings. The van der Waals surface area contributed by atoms with Gasteiger partial charge in [0, 0.05) is 13.0 Å². The van der Waals surface area contributed by atoms with Gasteiger partial charge in [0.1, 0.15) is 0 Å². The van der Waals surface area contributed by atoms with Gasteiger partial charge in [-0.15, -0.1) is 0 Å². The molecule has 1 aliphatic rings. The zero-order valence-corrected chi connectivity index (χ0v) is 8.98. The van der Waals surface area contributed by atoms with Crippen LogP contribution < -0.4 is 16.3 Å². The highest BCUT2D eigenvalue weighted by Gasteiger charge is 2.18. The van der Waals surface area contributed by atoms with Crippen LogP contribution in [-0.2, 0) is 16.1 Å². The Balaban J connectivity index is 2.06. The summed E-state index contributed by atoms with van der Waals surface area (Å²) in [5, 5.41) is 1.86. The largest absolute Gasteiger partial charge is 0.304 e. The maximum absolute atomic E-state index is 11.1. The van der Waals surface area contributed by atoms with E-state index in [1.54, 1.807) is 0 Å². The first kappa shape index (κ1) is 10.9. The van der Waals surface area contributed by atoms with Crippen LogP contribution in [0, 0.1) is 0 Å². The first-order valence-electron chi connectivity index (χ1n) is 5.27. The van der Waals surface area contributed by atoms with Gasteiger partial charge in [-0.1, -0.05) is 12.1 Å². The van der Waals surface area contributed by atoms with Crippen LogP contribution in [0.4, 0.5) is 5.69 Å². The summed E-state index contributed by atoms with van der Waals surface area (Å²) in [5.41, 5.74) is 4.93. The Kier molecular flexibility index (Phi) is 3.38. The predicted octanol–water partition coefficient (Wildman–Crippen LogP) is 0.361. The van der Waals surface area contributed by atoms with E-state index in [1.165, 1.54) is 0 Å². The van der Waals surface area contributed by atoms with Crippen molar-refractivity contribution in [3.8, 4) is 0 Å². The molecule has 0 aromatic heterocycles. The van der Waals surface area contributed by atoms with Crippen molar-refractivity contribution in [3.05, 3.63) is 29.8 Å². The SMILES string of the molecule is NOCCc1cccc(N2CCC(=O)N2)c1. The minimum absolute atomic E-state index is 0.0655.